The number of hydrogen-bond donors (Lipinski definition) is 2. The minimum atomic E-state index is -0.164. The van der Waals surface area contributed by atoms with Crippen LogP contribution in [0.5, 0.6) is 0 Å². The summed E-state index contributed by atoms with van der Waals surface area (Å²) in [4.78, 5) is 30.9. The van der Waals surface area contributed by atoms with Crippen LogP contribution in [-0.2, 0) is 4.79 Å². The third-order valence-corrected chi connectivity index (χ3v) is 4.85. The number of carbonyl (C=O) groups excluding carboxylic acids is 2. The molecule has 6 heteroatoms. The van der Waals surface area contributed by atoms with Gasteiger partial charge < -0.3 is 15.5 Å². The molecule has 1 unspecified atom stereocenters. The van der Waals surface area contributed by atoms with Crippen LogP contribution in [0.2, 0.25) is 0 Å². The van der Waals surface area contributed by atoms with Gasteiger partial charge in [-0.15, -0.1) is 0 Å². The predicted octanol–water partition coefficient (Wildman–Crippen LogP) is 2.76. The summed E-state index contributed by atoms with van der Waals surface area (Å²) in [6.45, 7) is 1.21. The van der Waals surface area contributed by atoms with Gasteiger partial charge in [-0.3, -0.25) is 9.78 Å². The molecule has 1 atom stereocenters. The van der Waals surface area contributed by atoms with Crippen molar-refractivity contribution in [2.24, 2.45) is 5.92 Å². The zero-order valence-corrected chi connectivity index (χ0v) is 14.1. The molecule has 0 spiro atoms. The Morgan fingerprint density at radius 1 is 1.16 bits per heavy atom. The van der Waals surface area contributed by atoms with Crippen molar-refractivity contribution in [2.45, 2.75) is 31.7 Å². The Hall–Kier alpha value is -2.63. The third-order valence-electron chi connectivity index (χ3n) is 4.85. The van der Waals surface area contributed by atoms with Gasteiger partial charge in [-0.2, -0.15) is 0 Å². The zero-order valence-electron chi connectivity index (χ0n) is 14.1. The fraction of sp³-hybridized carbons (Fsp3) is 0.421. The number of benzene rings is 1. The third kappa shape index (κ3) is 3.73. The second kappa shape index (κ2) is 6.70. The van der Waals surface area contributed by atoms with E-state index in [1.165, 1.54) is 0 Å². The molecule has 1 saturated carbocycles. The Kier molecular flexibility index (Phi) is 4.26. The van der Waals surface area contributed by atoms with Crippen molar-refractivity contribution in [1.82, 2.24) is 15.2 Å². The minimum Gasteiger partial charge on any atom is -0.335 e. The smallest absolute Gasteiger partial charge is 0.317 e. The number of nitrogens with one attached hydrogen (secondary N) is 2. The molecule has 1 aromatic heterocycles. The summed E-state index contributed by atoms with van der Waals surface area (Å²) in [6.07, 6.45) is 5.57. The lowest BCUT2D eigenvalue weighted by Gasteiger charge is -2.32. The molecular weight excluding hydrogens is 316 g/mol. The summed E-state index contributed by atoms with van der Waals surface area (Å²) in [7, 11) is 0. The molecule has 25 heavy (non-hydrogen) atoms. The molecule has 1 aliphatic carbocycles. The Bertz CT molecular complexity index is 803. The number of nitrogens with zero attached hydrogens (tertiary/aromatic N) is 2. The first-order chi connectivity index (χ1) is 12.2. The molecule has 6 nitrogen and oxygen atoms in total. The van der Waals surface area contributed by atoms with Crippen LogP contribution in [0.3, 0.4) is 0 Å². The molecule has 2 fully saturated rings. The number of anilines is 1. The van der Waals surface area contributed by atoms with Crippen molar-refractivity contribution >= 4 is 28.5 Å². The van der Waals surface area contributed by atoms with Crippen molar-refractivity contribution in [3.8, 4) is 0 Å². The summed E-state index contributed by atoms with van der Waals surface area (Å²) >= 11 is 0. The number of urea groups is 1. The average molecular weight is 338 g/mol. The molecule has 4 rings (SSSR count). The second-order valence-corrected chi connectivity index (χ2v) is 6.91. The number of hydrogen-bond acceptors (Lipinski definition) is 3. The van der Waals surface area contributed by atoms with Gasteiger partial charge in [0.25, 0.3) is 0 Å². The lowest BCUT2D eigenvalue weighted by molar-refractivity contribution is -0.121. The van der Waals surface area contributed by atoms with Gasteiger partial charge in [-0.25, -0.2) is 4.79 Å². The van der Waals surface area contributed by atoms with Gasteiger partial charge in [0.15, 0.2) is 0 Å². The van der Waals surface area contributed by atoms with Crippen LogP contribution in [0.1, 0.15) is 25.7 Å². The van der Waals surface area contributed by atoms with Crippen molar-refractivity contribution in [2.75, 3.05) is 18.4 Å². The minimum absolute atomic E-state index is 0.0211. The summed E-state index contributed by atoms with van der Waals surface area (Å²) in [5.74, 6) is -0.185. The van der Waals surface area contributed by atoms with Gasteiger partial charge >= 0.3 is 6.03 Å². The number of aromatic nitrogens is 1. The molecule has 130 valence electrons. The fourth-order valence-electron chi connectivity index (χ4n) is 3.27. The molecule has 1 aromatic carbocycles. The Balaban J connectivity index is 1.39. The van der Waals surface area contributed by atoms with Gasteiger partial charge in [0.2, 0.25) is 5.91 Å². The maximum absolute atomic E-state index is 12.6. The number of pyridine rings is 1. The number of carbonyl (C=O) groups is 2. The largest absolute Gasteiger partial charge is 0.335 e. The van der Waals surface area contributed by atoms with E-state index in [9.17, 15) is 9.59 Å². The monoisotopic (exact) mass is 338 g/mol. The van der Waals surface area contributed by atoms with E-state index in [1.807, 2.05) is 30.3 Å². The van der Waals surface area contributed by atoms with Crippen LogP contribution < -0.4 is 10.6 Å². The Labute approximate surface area is 146 Å². The summed E-state index contributed by atoms with van der Waals surface area (Å²) < 4.78 is 0. The molecule has 1 aliphatic heterocycles. The molecule has 2 heterocycles. The van der Waals surface area contributed by atoms with Crippen molar-refractivity contribution in [1.29, 1.82) is 0 Å². The van der Waals surface area contributed by atoms with Gasteiger partial charge in [-0.1, -0.05) is 6.07 Å². The number of amides is 3. The normalized spacial score (nSPS) is 20.3. The van der Waals surface area contributed by atoms with E-state index in [0.29, 0.717) is 12.6 Å². The van der Waals surface area contributed by atoms with E-state index in [4.69, 9.17) is 0 Å². The zero-order chi connectivity index (χ0) is 17.2. The number of piperidine rings is 1. The maximum atomic E-state index is 12.6. The van der Waals surface area contributed by atoms with Gasteiger partial charge in [0.1, 0.15) is 0 Å². The van der Waals surface area contributed by atoms with Crippen LogP contribution in [0, 0.1) is 5.92 Å². The van der Waals surface area contributed by atoms with Crippen LogP contribution in [0.15, 0.2) is 36.5 Å². The van der Waals surface area contributed by atoms with Gasteiger partial charge in [0, 0.05) is 36.4 Å². The van der Waals surface area contributed by atoms with Gasteiger partial charge in [-0.05, 0) is 49.9 Å². The van der Waals surface area contributed by atoms with Crippen LogP contribution in [0.4, 0.5) is 10.5 Å². The summed E-state index contributed by atoms with van der Waals surface area (Å²) in [6, 6.07) is 9.87. The quantitative estimate of drug-likeness (QED) is 0.904. The number of fused-ring (bicyclic) bond motifs is 1. The van der Waals surface area contributed by atoms with Crippen LogP contribution >= 0.6 is 0 Å². The molecule has 3 amide bonds. The van der Waals surface area contributed by atoms with Gasteiger partial charge in [0.05, 0.1) is 11.4 Å². The highest BCUT2D eigenvalue weighted by Gasteiger charge is 2.31. The highest BCUT2D eigenvalue weighted by Crippen LogP contribution is 2.23. The topological polar surface area (TPSA) is 74.3 Å². The van der Waals surface area contributed by atoms with Crippen molar-refractivity contribution in [3.05, 3.63) is 36.5 Å². The Morgan fingerprint density at radius 3 is 2.88 bits per heavy atom. The first kappa shape index (κ1) is 15.9. The molecular formula is C19H22N4O2. The standard InChI is InChI=1S/C19H22N4O2/c24-18(21-16-7-8-17-13(11-16)3-1-9-20-17)14-4-2-10-23(12-14)19(25)22-15-5-6-15/h1,3,7-9,11,14-15H,2,4-6,10,12H2,(H,21,24)(H,22,25). The fourth-order valence-corrected chi connectivity index (χ4v) is 3.27. The molecule has 1 saturated heterocycles. The first-order valence-electron chi connectivity index (χ1n) is 8.90. The van der Waals surface area contributed by atoms with Crippen molar-refractivity contribution < 1.29 is 9.59 Å². The highest BCUT2D eigenvalue weighted by molar-refractivity contribution is 5.95. The first-order valence-corrected chi connectivity index (χ1v) is 8.90. The van der Waals surface area contributed by atoms with Crippen molar-refractivity contribution in [3.63, 3.8) is 0 Å². The summed E-state index contributed by atoms with van der Waals surface area (Å²) in [5, 5.41) is 6.99. The van der Waals surface area contributed by atoms with E-state index in [2.05, 4.69) is 15.6 Å². The van der Waals surface area contributed by atoms with E-state index in [1.54, 1.807) is 11.1 Å². The predicted molar refractivity (Wildman–Crippen MR) is 96.2 cm³/mol. The second-order valence-electron chi connectivity index (χ2n) is 6.91. The molecule has 0 radical (unpaired) electrons. The summed E-state index contributed by atoms with van der Waals surface area (Å²) in [5.41, 5.74) is 1.67. The molecule has 2 N–H and O–H groups in total. The van der Waals surface area contributed by atoms with E-state index in [0.717, 1.165) is 48.8 Å². The van der Waals surface area contributed by atoms with E-state index >= 15 is 0 Å². The van der Waals surface area contributed by atoms with Crippen LogP contribution in [0.25, 0.3) is 10.9 Å². The molecule has 0 bridgehead atoms. The maximum Gasteiger partial charge on any atom is 0.317 e. The Morgan fingerprint density at radius 2 is 2.04 bits per heavy atom. The molecule has 2 aliphatic rings. The van der Waals surface area contributed by atoms with E-state index in [-0.39, 0.29) is 17.9 Å². The van der Waals surface area contributed by atoms with E-state index < -0.39 is 0 Å². The lowest BCUT2D eigenvalue weighted by Crippen LogP contribution is -2.48. The lowest BCUT2D eigenvalue weighted by atomic mass is 9.97. The highest BCUT2D eigenvalue weighted by atomic mass is 16.2. The number of likely N-dealkylation sites (tertiary alicyclic amines) is 1. The van der Waals surface area contributed by atoms with Crippen LogP contribution in [-0.4, -0.2) is 41.0 Å². The average Bonchev–Trinajstić information content (AvgIpc) is 3.45. The number of rotatable bonds is 3. The SMILES string of the molecule is O=C(Nc1ccc2ncccc2c1)C1CCCN(C(=O)NC2CC2)C1. The molecule has 2 aromatic rings.